The standard InChI is InChI=1S/C13H13NO4S/c1-10(11-5-3-2-4-6-11)14-19(16,17)13-8-7-12(9-15)18-13/h2-10,14H,1H3. The first-order chi connectivity index (χ1) is 9.03. The van der Waals surface area contributed by atoms with Gasteiger partial charge in [-0.1, -0.05) is 30.3 Å². The van der Waals surface area contributed by atoms with E-state index in [1.54, 1.807) is 6.92 Å². The first-order valence-corrected chi connectivity index (χ1v) is 7.13. The zero-order chi connectivity index (χ0) is 13.9. The lowest BCUT2D eigenvalue weighted by molar-refractivity contribution is 0.109. The average molecular weight is 279 g/mol. The fourth-order valence-electron chi connectivity index (χ4n) is 1.64. The second-order valence-corrected chi connectivity index (χ2v) is 5.67. The van der Waals surface area contributed by atoms with Crippen LogP contribution in [-0.2, 0) is 10.0 Å². The number of benzene rings is 1. The Hall–Kier alpha value is -1.92. The van der Waals surface area contributed by atoms with E-state index < -0.39 is 16.1 Å². The molecular weight excluding hydrogens is 266 g/mol. The van der Waals surface area contributed by atoms with Crippen molar-refractivity contribution in [1.29, 1.82) is 0 Å². The summed E-state index contributed by atoms with van der Waals surface area (Å²) in [4.78, 5) is 10.5. The number of hydrogen-bond acceptors (Lipinski definition) is 4. The molecule has 1 N–H and O–H groups in total. The molecule has 0 saturated heterocycles. The van der Waals surface area contributed by atoms with Crippen molar-refractivity contribution < 1.29 is 17.6 Å². The summed E-state index contributed by atoms with van der Waals surface area (Å²) in [5, 5.41) is -0.266. The smallest absolute Gasteiger partial charge is 0.274 e. The maximum absolute atomic E-state index is 12.0. The SMILES string of the molecule is CC(NS(=O)(=O)c1ccc(C=O)o1)c1ccccc1. The third-order valence-electron chi connectivity index (χ3n) is 2.61. The van der Waals surface area contributed by atoms with Crippen LogP contribution in [0.15, 0.2) is 52.0 Å². The molecule has 0 aliphatic rings. The second-order valence-electron chi connectivity index (χ2n) is 4.03. The molecule has 1 aromatic carbocycles. The van der Waals surface area contributed by atoms with Crippen LogP contribution in [-0.4, -0.2) is 14.7 Å². The molecule has 0 fully saturated rings. The van der Waals surface area contributed by atoms with Gasteiger partial charge in [-0.05, 0) is 24.6 Å². The quantitative estimate of drug-likeness (QED) is 0.851. The number of sulfonamides is 1. The minimum Gasteiger partial charge on any atom is -0.440 e. The molecule has 1 atom stereocenters. The molecule has 1 unspecified atom stereocenters. The van der Waals surface area contributed by atoms with Gasteiger partial charge in [0.15, 0.2) is 12.0 Å². The summed E-state index contributed by atoms with van der Waals surface area (Å²) in [5.74, 6) is -0.0206. The van der Waals surface area contributed by atoms with E-state index in [2.05, 4.69) is 4.72 Å². The lowest BCUT2D eigenvalue weighted by Crippen LogP contribution is -2.26. The summed E-state index contributed by atoms with van der Waals surface area (Å²) >= 11 is 0. The van der Waals surface area contributed by atoms with Crippen molar-refractivity contribution in [2.75, 3.05) is 0 Å². The third kappa shape index (κ3) is 3.10. The van der Waals surface area contributed by atoms with Crippen molar-refractivity contribution >= 4 is 16.3 Å². The molecule has 0 bridgehead atoms. The van der Waals surface area contributed by atoms with Crippen LogP contribution < -0.4 is 4.72 Å². The minimum atomic E-state index is -3.77. The van der Waals surface area contributed by atoms with E-state index in [1.165, 1.54) is 12.1 Å². The van der Waals surface area contributed by atoms with Crippen molar-refractivity contribution in [2.45, 2.75) is 18.1 Å². The highest BCUT2D eigenvalue weighted by Gasteiger charge is 2.21. The second kappa shape index (κ2) is 5.38. The Kier molecular flexibility index (Phi) is 3.82. The maximum Gasteiger partial charge on any atom is 0.274 e. The van der Waals surface area contributed by atoms with E-state index in [9.17, 15) is 13.2 Å². The monoisotopic (exact) mass is 279 g/mol. The predicted molar refractivity (Wildman–Crippen MR) is 69.3 cm³/mol. The number of rotatable bonds is 5. The van der Waals surface area contributed by atoms with Crippen molar-refractivity contribution in [3.63, 3.8) is 0 Å². The number of nitrogens with one attached hydrogen (secondary N) is 1. The minimum absolute atomic E-state index is 0.0206. The molecule has 0 saturated carbocycles. The van der Waals surface area contributed by atoms with Gasteiger partial charge in [-0.3, -0.25) is 4.79 Å². The molecule has 0 amide bonds. The molecule has 5 nitrogen and oxygen atoms in total. The van der Waals surface area contributed by atoms with Gasteiger partial charge < -0.3 is 4.42 Å². The number of furan rings is 1. The van der Waals surface area contributed by atoms with Crippen LogP contribution in [0.25, 0.3) is 0 Å². The van der Waals surface area contributed by atoms with Gasteiger partial charge in [0.2, 0.25) is 5.09 Å². The Morgan fingerprint density at radius 1 is 1.16 bits per heavy atom. The fraction of sp³-hybridized carbons (Fsp3) is 0.154. The Labute approximate surface area is 111 Å². The van der Waals surface area contributed by atoms with Gasteiger partial charge in [-0.25, -0.2) is 13.1 Å². The van der Waals surface area contributed by atoms with Crippen LogP contribution in [0.2, 0.25) is 0 Å². The molecule has 2 aromatic rings. The van der Waals surface area contributed by atoms with Gasteiger partial charge in [-0.2, -0.15) is 0 Å². The Morgan fingerprint density at radius 3 is 2.42 bits per heavy atom. The van der Waals surface area contributed by atoms with E-state index in [0.29, 0.717) is 6.29 Å². The Balaban J connectivity index is 2.20. The molecule has 6 heteroatoms. The fourth-order valence-corrected chi connectivity index (χ4v) is 2.81. The first-order valence-electron chi connectivity index (χ1n) is 5.65. The van der Waals surface area contributed by atoms with Crippen LogP contribution in [0.3, 0.4) is 0 Å². The molecule has 2 rings (SSSR count). The molecular formula is C13H13NO4S. The number of aldehydes is 1. The molecule has 100 valence electrons. The summed E-state index contributed by atoms with van der Waals surface area (Å²) in [6.07, 6.45) is 0.458. The molecule has 1 aromatic heterocycles. The van der Waals surface area contributed by atoms with Gasteiger partial charge in [0.05, 0.1) is 0 Å². The number of carbonyl (C=O) groups is 1. The van der Waals surface area contributed by atoms with Crippen LogP contribution in [0.4, 0.5) is 0 Å². The molecule has 0 aliphatic heterocycles. The van der Waals surface area contributed by atoms with Crippen LogP contribution >= 0.6 is 0 Å². The van der Waals surface area contributed by atoms with Crippen molar-refractivity contribution in [2.24, 2.45) is 0 Å². The van der Waals surface area contributed by atoms with E-state index in [1.807, 2.05) is 30.3 Å². The Morgan fingerprint density at radius 2 is 1.84 bits per heavy atom. The van der Waals surface area contributed by atoms with E-state index in [0.717, 1.165) is 5.56 Å². The molecule has 0 aliphatic carbocycles. The Bertz CT molecular complexity index is 661. The van der Waals surface area contributed by atoms with Crippen LogP contribution in [0.1, 0.15) is 29.1 Å². The van der Waals surface area contributed by atoms with Gasteiger partial charge in [-0.15, -0.1) is 0 Å². The average Bonchev–Trinajstić information content (AvgIpc) is 2.89. The maximum atomic E-state index is 12.0. The molecule has 19 heavy (non-hydrogen) atoms. The number of carbonyl (C=O) groups excluding carboxylic acids is 1. The first kappa shape index (κ1) is 13.5. The zero-order valence-electron chi connectivity index (χ0n) is 10.2. The van der Waals surface area contributed by atoms with Gasteiger partial charge in [0, 0.05) is 6.04 Å². The van der Waals surface area contributed by atoms with Crippen LogP contribution in [0, 0.1) is 0 Å². The van der Waals surface area contributed by atoms with Crippen molar-refractivity contribution in [3.8, 4) is 0 Å². The highest BCUT2D eigenvalue weighted by Crippen LogP contribution is 2.18. The third-order valence-corrected chi connectivity index (χ3v) is 4.03. The summed E-state index contributed by atoms with van der Waals surface area (Å²) < 4.78 is 31.5. The molecule has 1 heterocycles. The normalized spacial score (nSPS) is 13.1. The lowest BCUT2D eigenvalue weighted by Gasteiger charge is -2.13. The summed E-state index contributed by atoms with van der Waals surface area (Å²) in [5.41, 5.74) is 0.841. The summed E-state index contributed by atoms with van der Waals surface area (Å²) in [6, 6.07) is 11.3. The summed E-state index contributed by atoms with van der Waals surface area (Å²) in [7, 11) is -3.77. The van der Waals surface area contributed by atoms with Crippen molar-refractivity contribution in [3.05, 3.63) is 53.8 Å². The topological polar surface area (TPSA) is 76.4 Å². The molecule has 0 radical (unpaired) electrons. The van der Waals surface area contributed by atoms with E-state index in [4.69, 9.17) is 4.42 Å². The van der Waals surface area contributed by atoms with Gasteiger partial charge in [0.25, 0.3) is 10.0 Å². The van der Waals surface area contributed by atoms with Crippen molar-refractivity contribution in [1.82, 2.24) is 4.72 Å². The number of hydrogen-bond donors (Lipinski definition) is 1. The highest BCUT2D eigenvalue weighted by molar-refractivity contribution is 7.89. The predicted octanol–water partition coefficient (Wildman–Crippen LogP) is 2.13. The largest absolute Gasteiger partial charge is 0.440 e. The highest BCUT2D eigenvalue weighted by atomic mass is 32.2. The lowest BCUT2D eigenvalue weighted by atomic mass is 10.1. The zero-order valence-corrected chi connectivity index (χ0v) is 11.1. The van der Waals surface area contributed by atoms with Gasteiger partial charge >= 0.3 is 0 Å². The van der Waals surface area contributed by atoms with Gasteiger partial charge in [0.1, 0.15) is 0 Å². The van der Waals surface area contributed by atoms with E-state index >= 15 is 0 Å². The van der Waals surface area contributed by atoms with E-state index in [-0.39, 0.29) is 10.9 Å². The van der Waals surface area contributed by atoms with Crippen LogP contribution in [0.5, 0.6) is 0 Å². The molecule has 0 spiro atoms. The summed E-state index contributed by atoms with van der Waals surface area (Å²) in [6.45, 7) is 1.73.